The van der Waals surface area contributed by atoms with E-state index < -0.39 is 0 Å². The molecule has 3 rings (SSSR count). The smallest absolute Gasteiger partial charge is 0.253 e. The fourth-order valence-electron chi connectivity index (χ4n) is 3.35. The first-order chi connectivity index (χ1) is 9.65. The van der Waals surface area contributed by atoms with E-state index in [1.165, 1.54) is 19.4 Å². The van der Waals surface area contributed by atoms with E-state index in [0.717, 1.165) is 41.7 Å². The van der Waals surface area contributed by atoms with E-state index in [1.54, 1.807) is 0 Å². The van der Waals surface area contributed by atoms with Crippen molar-refractivity contribution in [2.75, 3.05) is 26.2 Å². The van der Waals surface area contributed by atoms with Crippen LogP contribution >= 0.6 is 15.9 Å². The lowest BCUT2D eigenvalue weighted by molar-refractivity contribution is 0.0743. The molecule has 2 fully saturated rings. The van der Waals surface area contributed by atoms with Gasteiger partial charge in [-0.2, -0.15) is 0 Å². The van der Waals surface area contributed by atoms with Gasteiger partial charge in [-0.1, -0.05) is 15.9 Å². The molecule has 0 bridgehead atoms. The molecule has 2 aliphatic rings. The van der Waals surface area contributed by atoms with Gasteiger partial charge >= 0.3 is 0 Å². The number of rotatable bonds is 1. The highest BCUT2D eigenvalue weighted by atomic mass is 79.9. The largest absolute Gasteiger partial charge is 0.337 e. The Morgan fingerprint density at radius 3 is 2.85 bits per heavy atom. The highest BCUT2D eigenvalue weighted by molar-refractivity contribution is 9.10. The van der Waals surface area contributed by atoms with Crippen LogP contribution in [0.5, 0.6) is 0 Å². The van der Waals surface area contributed by atoms with E-state index in [0.29, 0.717) is 6.04 Å². The fourth-order valence-corrected chi connectivity index (χ4v) is 3.60. The molecule has 3 nitrogen and oxygen atoms in total. The molecule has 1 amide bonds. The van der Waals surface area contributed by atoms with E-state index >= 15 is 0 Å². The number of nitrogens with zero attached hydrogens (tertiary/aromatic N) is 2. The molecule has 2 aliphatic heterocycles. The molecule has 0 radical (unpaired) electrons. The van der Waals surface area contributed by atoms with Gasteiger partial charge in [-0.15, -0.1) is 0 Å². The summed E-state index contributed by atoms with van der Waals surface area (Å²) in [4.78, 5) is 17.3. The van der Waals surface area contributed by atoms with E-state index in [-0.39, 0.29) is 5.91 Å². The van der Waals surface area contributed by atoms with Crippen LogP contribution in [0.15, 0.2) is 22.7 Å². The summed E-state index contributed by atoms with van der Waals surface area (Å²) in [6.07, 6.45) is 3.62. The van der Waals surface area contributed by atoms with Crippen LogP contribution in [0.3, 0.4) is 0 Å². The van der Waals surface area contributed by atoms with E-state index in [1.807, 2.05) is 25.1 Å². The van der Waals surface area contributed by atoms with Crippen molar-refractivity contribution in [3.05, 3.63) is 33.8 Å². The Balaban J connectivity index is 1.77. The van der Waals surface area contributed by atoms with E-state index in [2.05, 4.69) is 25.7 Å². The summed E-state index contributed by atoms with van der Waals surface area (Å²) >= 11 is 3.49. The van der Waals surface area contributed by atoms with Crippen LogP contribution in [0.2, 0.25) is 0 Å². The van der Waals surface area contributed by atoms with Crippen molar-refractivity contribution in [3.8, 4) is 0 Å². The number of hydrogen-bond donors (Lipinski definition) is 0. The van der Waals surface area contributed by atoms with Crippen molar-refractivity contribution >= 4 is 21.8 Å². The van der Waals surface area contributed by atoms with Gasteiger partial charge < -0.3 is 4.90 Å². The number of amides is 1. The second kappa shape index (κ2) is 5.86. The minimum atomic E-state index is 0.189. The standard InChI is InChI=1S/C16H21BrN2O/c1-12-10-13(5-6-15(12)17)16(20)19-9-3-8-18-7-2-4-14(18)11-19/h5-6,10,14H,2-4,7-9,11H2,1H3. The highest BCUT2D eigenvalue weighted by Crippen LogP contribution is 2.23. The zero-order valence-corrected chi connectivity index (χ0v) is 13.5. The maximum Gasteiger partial charge on any atom is 0.253 e. The second-order valence-electron chi connectivity index (χ2n) is 5.90. The van der Waals surface area contributed by atoms with Gasteiger partial charge in [-0.3, -0.25) is 9.69 Å². The molecular weight excluding hydrogens is 316 g/mol. The van der Waals surface area contributed by atoms with Gasteiger partial charge in [0.25, 0.3) is 5.91 Å². The first kappa shape index (κ1) is 14.1. The number of carbonyl (C=O) groups excluding carboxylic acids is 1. The number of benzene rings is 1. The molecule has 2 saturated heterocycles. The Bertz CT molecular complexity index is 517. The third-order valence-corrected chi connectivity index (χ3v) is 5.39. The van der Waals surface area contributed by atoms with E-state index in [4.69, 9.17) is 0 Å². The van der Waals surface area contributed by atoms with Gasteiger partial charge in [-0.25, -0.2) is 0 Å². The van der Waals surface area contributed by atoms with Crippen molar-refractivity contribution in [1.29, 1.82) is 0 Å². The quantitative estimate of drug-likeness (QED) is 0.786. The van der Waals surface area contributed by atoms with Crippen LogP contribution in [0.4, 0.5) is 0 Å². The lowest BCUT2D eigenvalue weighted by Gasteiger charge is -2.26. The Morgan fingerprint density at radius 1 is 1.25 bits per heavy atom. The van der Waals surface area contributed by atoms with Crippen molar-refractivity contribution in [1.82, 2.24) is 9.80 Å². The highest BCUT2D eigenvalue weighted by Gasteiger charge is 2.30. The molecule has 0 aliphatic carbocycles. The minimum Gasteiger partial charge on any atom is -0.337 e. The van der Waals surface area contributed by atoms with Crippen LogP contribution in [-0.4, -0.2) is 47.9 Å². The summed E-state index contributed by atoms with van der Waals surface area (Å²) in [6.45, 7) is 6.18. The molecule has 4 heteroatoms. The molecule has 1 unspecified atom stereocenters. The predicted octanol–water partition coefficient (Wildman–Crippen LogP) is 3.07. The number of halogens is 1. The minimum absolute atomic E-state index is 0.189. The van der Waals surface area contributed by atoms with Crippen LogP contribution < -0.4 is 0 Å². The monoisotopic (exact) mass is 336 g/mol. The Morgan fingerprint density at radius 2 is 2.05 bits per heavy atom. The predicted molar refractivity (Wildman–Crippen MR) is 84.0 cm³/mol. The lowest BCUT2D eigenvalue weighted by atomic mass is 10.1. The van der Waals surface area contributed by atoms with Crippen molar-refractivity contribution in [3.63, 3.8) is 0 Å². The molecule has 2 heterocycles. The second-order valence-corrected chi connectivity index (χ2v) is 6.76. The zero-order chi connectivity index (χ0) is 14.1. The first-order valence-corrected chi connectivity index (χ1v) is 8.24. The van der Waals surface area contributed by atoms with Crippen molar-refractivity contribution < 1.29 is 4.79 Å². The number of fused-ring (bicyclic) bond motifs is 1. The average Bonchev–Trinajstić information content (AvgIpc) is 2.78. The van der Waals surface area contributed by atoms with Gasteiger partial charge in [-0.05, 0) is 56.5 Å². The Kier molecular flexibility index (Phi) is 4.13. The zero-order valence-electron chi connectivity index (χ0n) is 11.9. The Hall–Kier alpha value is -0.870. The van der Waals surface area contributed by atoms with Crippen LogP contribution in [-0.2, 0) is 0 Å². The molecule has 1 atom stereocenters. The third kappa shape index (κ3) is 2.77. The van der Waals surface area contributed by atoms with Gasteiger partial charge in [0.1, 0.15) is 0 Å². The number of aryl methyl sites for hydroxylation is 1. The molecule has 0 spiro atoms. The first-order valence-electron chi connectivity index (χ1n) is 7.44. The summed E-state index contributed by atoms with van der Waals surface area (Å²) < 4.78 is 1.06. The summed E-state index contributed by atoms with van der Waals surface area (Å²) in [5.74, 6) is 0.189. The van der Waals surface area contributed by atoms with Crippen LogP contribution in [0.1, 0.15) is 35.2 Å². The fraction of sp³-hybridized carbons (Fsp3) is 0.562. The van der Waals surface area contributed by atoms with Gasteiger partial charge in [0.2, 0.25) is 0 Å². The topological polar surface area (TPSA) is 23.6 Å². The Labute approximate surface area is 129 Å². The molecule has 0 saturated carbocycles. The van der Waals surface area contributed by atoms with Gasteiger partial charge in [0.05, 0.1) is 0 Å². The average molecular weight is 337 g/mol. The van der Waals surface area contributed by atoms with E-state index in [9.17, 15) is 4.79 Å². The SMILES string of the molecule is Cc1cc(C(=O)N2CCCN3CCCC3C2)ccc1Br. The van der Waals surface area contributed by atoms with Crippen LogP contribution in [0.25, 0.3) is 0 Å². The molecule has 108 valence electrons. The third-order valence-electron chi connectivity index (χ3n) is 4.50. The number of hydrogen-bond acceptors (Lipinski definition) is 2. The lowest BCUT2D eigenvalue weighted by Crippen LogP contribution is -2.39. The molecule has 0 N–H and O–H groups in total. The van der Waals surface area contributed by atoms with Crippen molar-refractivity contribution in [2.24, 2.45) is 0 Å². The summed E-state index contributed by atoms with van der Waals surface area (Å²) in [7, 11) is 0. The normalized spacial score (nSPS) is 23.5. The van der Waals surface area contributed by atoms with Gasteiger partial charge in [0, 0.05) is 35.7 Å². The van der Waals surface area contributed by atoms with Gasteiger partial charge in [0.15, 0.2) is 0 Å². The maximum atomic E-state index is 12.7. The molecule has 0 aromatic heterocycles. The number of carbonyl (C=O) groups is 1. The van der Waals surface area contributed by atoms with Crippen molar-refractivity contribution in [2.45, 2.75) is 32.2 Å². The molecule has 20 heavy (non-hydrogen) atoms. The summed E-state index contributed by atoms with van der Waals surface area (Å²) in [6, 6.07) is 6.47. The molecular formula is C16H21BrN2O. The molecule has 1 aromatic rings. The summed E-state index contributed by atoms with van der Waals surface area (Å²) in [5.41, 5.74) is 1.94. The summed E-state index contributed by atoms with van der Waals surface area (Å²) in [5, 5.41) is 0. The molecule has 1 aromatic carbocycles. The van der Waals surface area contributed by atoms with Crippen LogP contribution in [0, 0.1) is 6.92 Å². The maximum absolute atomic E-state index is 12.7.